The van der Waals surface area contributed by atoms with Crippen molar-refractivity contribution in [3.63, 3.8) is 0 Å². The number of hydrogen-bond donors (Lipinski definition) is 2. The number of rotatable bonds is 5. The molecule has 2 aliphatic heterocycles. The van der Waals surface area contributed by atoms with Gasteiger partial charge in [0.1, 0.15) is 0 Å². The Bertz CT molecular complexity index is 583. The molecule has 0 bridgehead atoms. The Labute approximate surface area is 151 Å². The van der Waals surface area contributed by atoms with Gasteiger partial charge in [0.2, 0.25) is 5.91 Å². The zero-order valence-electron chi connectivity index (χ0n) is 16.2. The average molecular weight is 348 g/mol. The van der Waals surface area contributed by atoms with Gasteiger partial charge in [-0.1, -0.05) is 6.92 Å². The molecule has 25 heavy (non-hydrogen) atoms. The number of hydrogen-bond acceptors (Lipinski definition) is 4. The molecule has 1 aromatic rings. The molecule has 3 heterocycles. The number of nitrogens with zero attached hydrogens (tertiary/aromatic N) is 3. The van der Waals surface area contributed by atoms with Gasteiger partial charge in [0.05, 0.1) is 11.7 Å². The maximum absolute atomic E-state index is 12.9. The quantitative estimate of drug-likeness (QED) is 0.853. The molecule has 2 N–H and O–H groups in total. The molecule has 3 rings (SSSR count). The van der Waals surface area contributed by atoms with Crippen molar-refractivity contribution >= 4 is 5.91 Å². The van der Waals surface area contributed by atoms with Crippen LogP contribution in [0.5, 0.6) is 0 Å². The van der Waals surface area contributed by atoms with E-state index < -0.39 is 0 Å². The predicted octanol–water partition coefficient (Wildman–Crippen LogP) is 1.84. The highest BCUT2D eigenvalue weighted by molar-refractivity contribution is 5.82. The van der Waals surface area contributed by atoms with Gasteiger partial charge in [0.25, 0.3) is 0 Å². The average Bonchev–Trinajstić information content (AvgIpc) is 3.10. The monoisotopic (exact) mass is 347 g/mol. The van der Waals surface area contributed by atoms with E-state index in [1.807, 2.05) is 13.8 Å². The van der Waals surface area contributed by atoms with Gasteiger partial charge in [-0.25, -0.2) is 0 Å². The molecular weight excluding hydrogens is 314 g/mol. The van der Waals surface area contributed by atoms with E-state index >= 15 is 0 Å². The number of likely N-dealkylation sites (tertiary alicyclic amines) is 2. The molecular formula is C19H33N5O. The SMILES string of the molecule is CCCN1CC2(CCN(C)CC2)CC1C(=O)NCc1c(C)n[nH]c1C. The molecule has 2 aliphatic rings. The van der Waals surface area contributed by atoms with Gasteiger partial charge in [0.15, 0.2) is 0 Å². The van der Waals surface area contributed by atoms with Crippen molar-refractivity contribution in [2.45, 2.75) is 59.0 Å². The van der Waals surface area contributed by atoms with E-state index in [2.05, 4.69) is 39.3 Å². The summed E-state index contributed by atoms with van der Waals surface area (Å²) in [6.07, 6.45) is 4.54. The Hall–Kier alpha value is -1.40. The van der Waals surface area contributed by atoms with Gasteiger partial charge >= 0.3 is 0 Å². The summed E-state index contributed by atoms with van der Waals surface area (Å²) < 4.78 is 0. The van der Waals surface area contributed by atoms with Crippen molar-refractivity contribution in [2.75, 3.05) is 33.2 Å². The smallest absolute Gasteiger partial charge is 0.237 e. The lowest BCUT2D eigenvalue weighted by atomic mass is 9.76. The Balaban J connectivity index is 1.65. The summed E-state index contributed by atoms with van der Waals surface area (Å²) in [6, 6.07) is 0.0240. The van der Waals surface area contributed by atoms with Gasteiger partial charge in [-0.2, -0.15) is 5.10 Å². The van der Waals surface area contributed by atoms with Crippen molar-refractivity contribution in [2.24, 2.45) is 5.41 Å². The van der Waals surface area contributed by atoms with Gasteiger partial charge in [-0.3, -0.25) is 14.8 Å². The molecule has 0 radical (unpaired) electrons. The first kappa shape index (κ1) is 18.4. The van der Waals surface area contributed by atoms with Gasteiger partial charge in [0, 0.05) is 24.3 Å². The fourth-order valence-corrected chi connectivity index (χ4v) is 4.51. The largest absolute Gasteiger partial charge is 0.351 e. The van der Waals surface area contributed by atoms with Crippen LogP contribution < -0.4 is 5.32 Å². The molecule has 6 heteroatoms. The lowest BCUT2D eigenvalue weighted by Crippen LogP contribution is -2.43. The van der Waals surface area contributed by atoms with Crippen LogP contribution in [0.15, 0.2) is 0 Å². The van der Waals surface area contributed by atoms with E-state index in [4.69, 9.17) is 0 Å². The molecule has 2 saturated heterocycles. The van der Waals surface area contributed by atoms with E-state index in [0.29, 0.717) is 12.0 Å². The number of aryl methyl sites for hydroxylation is 2. The van der Waals surface area contributed by atoms with E-state index in [9.17, 15) is 4.79 Å². The number of nitrogens with one attached hydrogen (secondary N) is 2. The van der Waals surface area contributed by atoms with Crippen molar-refractivity contribution in [1.82, 2.24) is 25.3 Å². The summed E-state index contributed by atoms with van der Waals surface area (Å²) in [5, 5.41) is 10.4. The molecule has 0 aliphatic carbocycles. The zero-order valence-corrected chi connectivity index (χ0v) is 16.2. The third-order valence-electron chi connectivity index (χ3n) is 6.19. The topological polar surface area (TPSA) is 64.3 Å². The van der Waals surface area contributed by atoms with Gasteiger partial charge in [-0.15, -0.1) is 0 Å². The van der Waals surface area contributed by atoms with Crippen LogP contribution in [-0.4, -0.2) is 65.2 Å². The Morgan fingerprint density at radius 2 is 2.08 bits per heavy atom. The molecule has 6 nitrogen and oxygen atoms in total. The highest BCUT2D eigenvalue weighted by Gasteiger charge is 2.47. The Morgan fingerprint density at radius 1 is 1.36 bits per heavy atom. The lowest BCUT2D eigenvalue weighted by molar-refractivity contribution is -0.125. The second-order valence-corrected chi connectivity index (χ2v) is 8.12. The highest BCUT2D eigenvalue weighted by atomic mass is 16.2. The fourth-order valence-electron chi connectivity index (χ4n) is 4.51. The highest BCUT2D eigenvalue weighted by Crippen LogP contribution is 2.43. The third kappa shape index (κ3) is 3.90. The molecule has 1 atom stereocenters. The zero-order chi connectivity index (χ0) is 18.0. The van der Waals surface area contributed by atoms with E-state index in [0.717, 1.165) is 56.0 Å². The maximum atomic E-state index is 12.9. The first-order chi connectivity index (χ1) is 11.9. The molecule has 1 amide bonds. The molecule has 2 fully saturated rings. The van der Waals surface area contributed by atoms with E-state index in [-0.39, 0.29) is 11.9 Å². The van der Waals surface area contributed by atoms with Crippen molar-refractivity contribution in [1.29, 1.82) is 0 Å². The van der Waals surface area contributed by atoms with E-state index in [1.165, 1.54) is 12.8 Å². The lowest BCUT2D eigenvalue weighted by Gasteiger charge is -2.37. The van der Waals surface area contributed by atoms with Crippen molar-refractivity contribution in [3.05, 3.63) is 17.0 Å². The molecule has 1 unspecified atom stereocenters. The first-order valence-electron chi connectivity index (χ1n) is 9.65. The number of carbonyl (C=O) groups excluding carboxylic acids is 1. The van der Waals surface area contributed by atoms with Gasteiger partial charge in [-0.05, 0) is 71.6 Å². The number of H-pyrrole nitrogens is 1. The van der Waals surface area contributed by atoms with Crippen LogP contribution in [0.2, 0.25) is 0 Å². The fraction of sp³-hybridized carbons (Fsp3) is 0.789. The summed E-state index contributed by atoms with van der Waals surface area (Å²) in [4.78, 5) is 17.8. The third-order valence-corrected chi connectivity index (χ3v) is 6.19. The second kappa shape index (κ2) is 7.46. The normalized spacial score (nSPS) is 24.1. The summed E-state index contributed by atoms with van der Waals surface area (Å²) in [6.45, 7) is 11.2. The minimum atomic E-state index is 0.0240. The standard InChI is InChI=1S/C19H33N5O/c1-5-8-24-13-19(6-9-23(4)10-7-19)11-17(24)18(25)20-12-16-14(2)21-22-15(16)3/h17H,5-13H2,1-4H3,(H,20,25)(H,21,22). The van der Waals surface area contributed by atoms with Crippen LogP contribution in [0.3, 0.4) is 0 Å². The number of aromatic amines is 1. The summed E-state index contributed by atoms with van der Waals surface area (Å²) in [5.74, 6) is 0.184. The predicted molar refractivity (Wildman–Crippen MR) is 99.3 cm³/mol. The van der Waals surface area contributed by atoms with Crippen LogP contribution in [0.25, 0.3) is 0 Å². The molecule has 1 spiro atoms. The minimum Gasteiger partial charge on any atom is -0.351 e. The maximum Gasteiger partial charge on any atom is 0.237 e. The second-order valence-electron chi connectivity index (χ2n) is 8.12. The number of amides is 1. The summed E-state index contributed by atoms with van der Waals surface area (Å²) in [5.41, 5.74) is 3.47. The van der Waals surface area contributed by atoms with Crippen LogP contribution in [-0.2, 0) is 11.3 Å². The number of aromatic nitrogens is 2. The first-order valence-corrected chi connectivity index (χ1v) is 9.65. The van der Waals surface area contributed by atoms with Crippen LogP contribution in [0, 0.1) is 19.3 Å². The summed E-state index contributed by atoms with van der Waals surface area (Å²) in [7, 11) is 2.20. The Morgan fingerprint density at radius 3 is 2.68 bits per heavy atom. The molecule has 1 aromatic heterocycles. The van der Waals surface area contributed by atoms with Crippen LogP contribution in [0.4, 0.5) is 0 Å². The number of carbonyl (C=O) groups is 1. The van der Waals surface area contributed by atoms with Crippen LogP contribution in [0.1, 0.15) is 49.6 Å². The van der Waals surface area contributed by atoms with Crippen molar-refractivity contribution < 1.29 is 4.79 Å². The Kier molecular flexibility index (Phi) is 5.49. The molecule has 0 saturated carbocycles. The minimum absolute atomic E-state index is 0.0240. The van der Waals surface area contributed by atoms with Gasteiger partial charge < -0.3 is 10.2 Å². The van der Waals surface area contributed by atoms with Crippen LogP contribution >= 0.6 is 0 Å². The molecule has 0 aromatic carbocycles. The van der Waals surface area contributed by atoms with E-state index in [1.54, 1.807) is 0 Å². The van der Waals surface area contributed by atoms with Crippen molar-refractivity contribution in [3.8, 4) is 0 Å². The summed E-state index contributed by atoms with van der Waals surface area (Å²) >= 11 is 0. The molecule has 140 valence electrons. The number of piperidine rings is 1.